The van der Waals surface area contributed by atoms with Crippen molar-refractivity contribution in [3.8, 4) is 0 Å². The van der Waals surface area contributed by atoms with Gasteiger partial charge in [0.05, 0.1) is 12.2 Å². The third kappa shape index (κ3) is 2.36. The summed E-state index contributed by atoms with van der Waals surface area (Å²) in [5.74, 6) is -0.869. The first-order chi connectivity index (χ1) is 7.30. The van der Waals surface area contributed by atoms with E-state index in [4.69, 9.17) is 9.47 Å². The van der Waals surface area contributed by atoms with Gasteiger partial charge in [0.2, 0.25) is 0 Å². The molecule has 16 heavy (non-hydrogen) atoms. The van der Waals surface area contributed by atoms with Gasteiger partial charge in [0, 0.05) is 0 Å². The molecule has 1 atom stereocenters. The van der Waals surface area contributed by atoms with Gasteiger partial charge in [-0.15, -0.1) is 0 Å². The van der Waals surface area contributed by atoms with Gasteiger partial charge >= 0.3 is 11.9 Å². The van der Waals surface area contributed by atoms with Crippen LogP contribution in [0.25, 0.3) is 0 Å². The second kappa shape index (κ2) is 4.44. The molecule has 0 saturated heterocycles. The molecule has 0 amide bonds. The van der Waals surface area contributed by atoms with E-state index in [9.17, 15) is 9.59 Å². The van der Waals surface area contributed by atoms with E-state index in [1.165, 1.54) is 0 Å². The first-order valence-electron chi connectivity index (χ1n) is 5.73. The van der Waals surface area contributed by atoms with Crippen LogP contribution in [0, 0.1) is 11.3 Å². The van der Waals surface area contributed by atoms with Crippen LogP contribution in [0.15, 0.2) is 0 Å². The van der Waals surface area contributed by atoms with Crippen LogP contribution >= 0.6 is 0 Å². The Hall–Kier alpha value is -1.06. The summed E-state index contributed by atoms with van der Waals surface area (Å²) in [4.78, 5) is 23.7. The van der Waals surface area contributed by atoms with Crippen molar-refractivity contribution in [3.63, 3.8) is 0 Å². The number of hydrogen-bond acceptors (Lipinski definition) is 4. The van der Waals surface area contributed by atoms with Crippen molar-refractivity contribution in [1.82, 2.24) is 0 Å². The molecule has 1 aliphatic rings. The molecule has 0 aromatic rings. The Balaban J connectivity index is 2.72. The van der Waals surface area contributed by atoms with E-state index in [0.717, 1.165) is 0 Å². The lowest BCUT2D eigenvalue weighted by molar-refractivity contribution is -0.169. The van der Waals surface area contributed by atoms with Gasteiger partial charge in [-0.05, 0) is 40.0 Å². The molecule has 1 rings (SSSR count). The summed E-state index contributed by atoms with van der Waals surface area (Å²) in [7, 11) is 0. The van der Waals surface area contributed by atoms with Crippen molar-refractivity contribution in [1.29, 1.82) is 0 Å². The lowest BCUT2D eigenvalue weighted by Crippen LogP contribution is -2.34. The van der Waals surface area contributed by atoms with Crippen molar-refractivity contribution in [2.75, 3.05) is 0 Å². The SMILES string of the molecule is CC(C)OC(=O)C1(C(=O)OC(C)C)CC1C. The molecule has 0 heterocycles. The third-order valence-electron chi connectivity index (χ3n) is 2.72. The summed E-state index contributed by atoms with van der Waals surface area (Å²) < 4.78 is 10.2. The summed E-state index contributed by atoms with van der Waals surface area (Å²) in [6.45, 7) is 8.95. The summed E-state index contributed by atoms with van der Waals surface area (Å²) >= 11 is 0. The van der Waals surface area contributed by atoms with Crippen molar-refractivity contribution in [2.45, 2.75) is 53.2 Å². The molecule has 4 heteroatoms. The van der Waals surface area contributed by atoms with E-state index in [0.29, 0.717) is 6.42 Å². The zero-order valence-electron chi connectivity index (χ0n) is 10.6. The molecule has 92 valence electrons. The minimum Gasteiger partial charge on any atom is -0.462 e. The zero-order valence-corrected chi connectivity index (χ0v) is 10.6. The van der Waals surface area contributed by atoms with Crippen molar-refractivity contribution in [3.05, 3.63) is 0 Å². The Bertz CT molecular complexity index is 271. The first kappa shape index (κ1) is 13.0. The van der Waals surface area contributed by atoms with Gasteiger partial charge in [0.15, 0.2) is 5.41 Å². The lowest BCUT2D eigenvalue weighted by atomic mass is 10.1. The Morgan fingerprint density at radius 3 is 1.56 bits per heavy atom. The van der Waals surface area contributed by atoms with Gasteiger partial charge in [-0.2, -0.15) is 0 Å². The molecule has 0 spiro atoms. The van der Waals surface area contributed by atoms with E-state index in [-0.39, 0.29) is 18.1 Å². The molecular formula is C12H20O4. The van der Waals surface area contributed by atoms with Crippen LogP contribution in [0.4, 0.5) is 0 Å². The fourth-order valence-corrected chi connectivity index (χ4v) is 1.71. The van der Waals surface area contributed by atoms with Crippen LogP contribution in [0.5, 0.6) is 0 Å². The van der Waals surface area contributed by atoms with E-state index in [1.54, 1.807) is 27.7 Å². The molecule has 0 radical (unpaired) electrons. The van der Waals surface area contributed by atoms with E-state index in [1.807, 2.05) is 6.92 Å². The molecule has 0 N–H and O–H groups in total. The standard InChI is InChI=1S/C12H20O4/c1-7(2)15-10(13)12(6-9(12)5)11(14)16-8(3)4/h7-9H,6H2,1-5H3. The average molecular weight is 228 g/mol. The monoisotopic (exact) mass is 228 g/mol. The average Bonchev–Trinajstić information content (AvgIpc) is 2.76. The summed E-state index contributed by atoms with van der Waals surface area (Å²) in [6.07, 6.45) is 0.123. The normalized spacial score (nSPS) is 22.1. The van der Waals surface area contributed by atoms with Gasteiger partial charge in [-0.1, -0.05) is 6.92 Å². The highest BCUT2D eigenvalue weighted by Crippen LogP contribution is 2.54. The second-order valence-corrected chi connectivity index (χ2v) is 4.98. The first-order valence-corrected chi connectivity index (χ1v) is 5.73. The van der Waals surface area contributed by atoms with Crippen molar-refractivity contribution in [2.24, 2.45) is 11.3 Å². The number of carbonyl (C=O) groups excluding carboxylic acids is 2. The summed E-state index contributed by atoms with van der Waals surface area (Å²) in [5, 5.41) is 0. The van der Waals surface area contributed by atoms with Crippen LogP contribution in [-0.4, -0.2) is 24.1 Å². The number of carbonyl (C=O) groups is 2. The molecule has 1 fully saturated rings. The van der Waals surface area contributed by atoms with Gasteiger partial charge in [-0.3, -0.25) is 9.59 Å². The Morgan fingerprint density at radius 1 is 1.06 bits per heavy atom. The van der Waals surface area contributed by atoms with Gasteiger partial charge in [0.25, 0.3) is 0 Å². The van der Waals surface area contributed by atoms with Crippen LogP contribution in [-0.2, 0) is 19.1 Å². The molecule has 1 saturated carbocycles. The predicted molar refractivity (Wildman–Crippen MR) is 58.7 cm³/mol. The predicted octanol–water partition coefficient (Wildman–Crippen LogP) is 1.92. The highest BCUT2D eigenvalue weighted by atomic mass is 16.6. The molecule has 0 aromatic heterocycles. The minimum atomic E-state index is -1.03. The van der Waals surface area contributed by atoms with E-state index < -0.39 is 17.4 Å². The molecule has 0 aromatic carbocycles. The van der Waals surface area contributed by atoms with Crippen molar-refractivity contribution >= 4 is 11.9 Å². The maximum Gasteiger partial charge on any atom is 0.324 e. The quantitative estimate of drug-likeness (QED) is 0.545. The van der Waals surface area contributed by atoms with Crippen LogP contribution in [0.1, 0.15) is 41.0 Å². The number of ether oxygens (including phenoxy) is 2. The number of rotatable bonds is 4. The Kier molecular flexibility index (Phi) is 3.61. The molecule has 4 nitrogen and oxygen atoms in total. The van der Waals surface area contributed by atoms with Crippen LogP contribution in [0.2, 0.25) is 0 Å². The van der Waals surface area contributed by atoms with E-state index >= 15 is 0 Å². The molecule has 0 aliphatic heterocycles. The lowest BCUT2D eigenvalue weighted by Gasteiger charge is -2.18. The van der Waals surface area contributed by atoms with Crippen molar-refractivity contribution < 1.29 is 19.1 Å². The highest BCUT2D eigenvalue weighted by molar-refractivity contribution is 6.03. The molecule has 1 aliphatic carbocycles. The maximum atomic E-state index is 11.8. The second-order valence-electron chi connectivity index (χ2n) is 4.98. The summed E-state index contributed by atoms with van der Waals surface area (Å²) in [6, 6.07) is 0. The Morgan fingerprint density at radius 2 is 1.38 bits per heavy atom. The number of esters is 2. The molecular weight excluding hydrogens is 208 g/mol. The Labute approximate surface area is 96.3 Å². The van der Waals surface area contributed by atoms with Gasteiger partial charge < -0.3 is 9.47 Å². The van der Waals surface area contributed by atoms with Crippen LogP contribution in [0.3, 0.4) is 0 Å². The summed E-state index contributed by atoms with van der Waals surface area (Å²) in [5.41, 5.74) is -1.03. The van der Waals surface area contributed by atoms with Gasteiger partial charge in [0.1, 0.15) is 0 Å². The minimum absolute atomic E-state index is 0.0185. The fourth-order valence-electron chi connectivity index (χ4n) is 1.71. The molecule has 1 unspecified atom stereocenters. The fraction of sp³-hybridized carbons (Fsp3) is 0.833. The maximum absolute atomic E-state index is 11.8. The zero-order chi connectivity index (χ0) is 12.5. The largest absolute Gasteiger partial charge is 0.462 e. The number of hydrogen-bond donors (Lipinski definition) is 0. The smallest absolute Gasteiger partial charge is 0.324 e. The topological polar surface area (TPSA) is 52.6 Å². The van der Waals surface area contributed by atoms with Crippen LogP contribution < -0.4 is 0 Å². The van der Waals surface area contributed by atoms with E-state index in [2.05, 4.69) is 0 Å². The third-order valence-corrected chi connectivity index (χ3v) is 2.72. The highest BCUT2D eigenvalue weighted by Gasteiger charge is 2.66. The molecule has 0 bridgehead atoms. The van der Waals surface area contributed by atoms with Gasteiger partial charge in [-0.25, -0.2) is 0 Å².